The van der Waals surface area contributed by atoms with Crippen LogP contribution in [0.1, 0.15) is 27.7 Å². The maximum Gasteiger partial charge on any atom is 0.0166 e. The standard InChI is InChI=1S/C10H24N2/c1-6-12(5)8-10(4)11-7-9(2)3/h9-11H,6-8H2,1-5H3. The zero-order valence-electron chi connectivity index (χ0n) is 9.22. The molecule has 0 fully saturated rings. The van der Waals surface area contributed by atoms with Crippen molar-refractivity contribution < 1.29 is 0 Å². The third-order valence-electron chi connectivity index (χ3n) is 2.00. The van der Waals surface area contributed by atoms with Gasteiger partial charge < -0.3 is 10.2 Å². The Bertz CT molecular complexity index is 102. The summed E-state index contributed by atoms with van der Waals surface area (Å²) >= 11 is 0. The summed E-state index contributed by atoms with van der Waals surface area (Å²) in [5, 5.41) is 3.51. The van der Waals surface area contributed by atoms with Crippen LogP contribution in [0.4, 0.5) is 0 Å². The Labute approximate surface area is 77.3 Å². The summed E-state index contributed by atoms with van der Waals surface area (Å²) in [4.78, 5) is 2.33. The lowest BCUT2D eigenvalue weighted by Crippen LogP contribution is -2.38. The van der Waals surface area contributed by atoms with E-state index in [-0.39, 0.29) is 0 Å². The summed E-state index contributed by atoms with van der Waals surface area (Å²) < 4.78 is 0. The molecule has 0 bridgehead atoms. The third kappa shape index (κ3) is 6.62. The molecular weight excluding hydrogens is 148 g/mol. The second-order valence-corrected chi connectivity index (χ2v) is 4.06. The van der Waals surface area contributed by atoms with E-state index < -0.39 is 0 Å². The Hall–Kier alpha value is -0.0800. The van der Waals surface area contributed by atoms with Gasteiger partial charge in [0.15, 0.2) is 0 Å². The lowest BCUT2D eigenvalue weighted by atomic mass is 10.2. The first-order valence-electron chi connectivity index (χ1n) is 4.98. The molecule has 0 radical (unpaired) electrons. The smallest absolute Gasteiger partial charge is 0.0166 e. The van der Waals surface area contributed by atoms with Gasteiger partial charge in [0, 0.05) is 12.6 Å². The van der Waals surface area contributed by atoms with Crippen LogP contribution in [0.15, 0.2) is 0 Å². The maximum absolute atomic E-state index is 3.51. The van der Waals surface area contributed by atoms with E-state index in [0.29, 0.717) is 6.04 Å². The highest BCUT2D eigenvalue weighted by Gasteiger charge is 2.04. The molecule has 0 aliphatic heterocycles. The molecule has 0 aliphatic carbocycles. The quantitative estimate of drug-likeness (QED) is 0.654. The van der Waals surface area contributed by atoms with E-state index in [1.807, 2.05) is 0 Å². The van der Waals surface area contributed by atoms with Crippen LogP contribution in [0.25, 0.3) is 0 Å². The minimum Gasteiger partial charge on any atom is -0.313 e. The number of rotatable bonds is 6. The summed E-state index contributed by atoms with van der Waals surface area (Å²) in [6.07, 6.45) is 0. The third-order valence-corrected chi connectivity index (χ3v) is 2.00. The summed E-state index contributed by atoms with van der Waals surface area (Å²) in [6.45, 7) is 12.3. The number of likely N-dealkylation sites (N-methyl/N-ethyl adjacent to an activating group) is 1. The van der Waals surface area contributed by atoms with E-state index in [9.17, 15) is 0 Å². The normalized spacial score (nSPS) is 14.2. The van der Waals surface area contributed by atoms with Crippen LogP contribution in [0, 0.1) is 5.92 Å². The fourth-order valence-electron chi connectivity index (χ4n) is 1.10. The van der Waals surface area contributed by atoms with Gasteiger partial charge >= 0.3 is 0 Å². The topological polar surface area (TPSA) is 15.3 Å². The van der Waals surface area contributed by atoms with E-state index in [1.54, 1.807) is 0 Å². The molecule has 0 amide bonds. The zero-order chi connectivity index (χ0) is 9.56. The summed E-state index contributed by atoms with van der Waals surface area (Å²) in [5.41, 5.74) is 0. The summed E-state index contributed by atoms with van der Waals surface area (Å²) in [6, 6.07) is 0.609. The van der Waals surface area contributed by atoms with Gasteiger partial charge in [-0.1, -0.05) is 20.8 Å². The molecule has 1 atom stereocenters. The minimum atomic E-state index is 0.609. The second kappa shape index (κ2) is 6.44. The van der Waals surface area contributed by atoms with Crippen LogP contribution >= 0.6 is 0 Å². The Balaban J connectivity index is 3.39. The van der Waals surface area contributed by atoms with E-state index in [1.165, 1.54) is 0 Å². The Kier molecular flexibility index (Phi) is 6.39. The largest absolute Gasteiger partial charge is 0.313 e. The van der Waals surface area contributed by atoms with Gasteiger partial charge in [-0.3, -0.25) is 0 Å². The van der Waals surface area contributed by atoms with Crippen molar-refractivity contribution >= 4 is 0 Å². The van der Waals surface area contributed by atoms with Crippen molar-refractivity contribution in [3.63, 3.8) is 0 Å². The van der Waals surface area contributed by atoms with Crippen LogP contribution in [-0.2, 0) is 0 Å². The molecule has 0 aromatic rings. The molecule has 2 nitrogen and oxygen atoms in total. The van der Waals surface area contributed by atoms with Crippen LogP contribution in [-0.4, -0.2) is 37.6 Å². The van der Waals surface area contributed by atoms with Gasteiger partial charge in [-0.15, -0.1) is 0 Å². The highest BCUT2D eigenvalue weighted by Crippen LogP contribution is 1.92. The molecule has 0 rings (SSSR count). The SMILES string of the molecule is CCN(C)CC(C)NCC(C)C. The van der Waals surface area contributed by atoms with Crippen LogP contribution in [0.3, 0.4) is 0 Å². The second-order valence-electron chi connectivity index (χ2n) is 4.06. The molecule has 0 heterocycles. The predicted octanol–water partition coefficient (Wildman–Crippen LogP) is 1.57. The van der Waals surface area contributed by atoms with Crippen molar-refractivity contribution in [1.82, 2.24) is 10.2 Å². The Morgan fingerprint density at radius 2 is 1.83 bits per heavy atom. The molecular formula is C10H24N2. The van der Waals surface area contributed by atoms with E-state index in [0.717, 1.165) is 25.6 Å². The van der Waals surface area contributed by atoms with Crippen LogP contribution in [0.2, 0.25) is 0 Å². The number of nitrogens with one attached hydrogen (secondary N) is 1. The van der Waals surface area contributed by atoms with Crippen molar-refractivity contribution in [2.24, 2.45) is 5.92 Å². The minimum absolute atomic E-state index is 0.609. The Morgan fingerprint density at radius 1 is 1.25 bits per heavy atom. The van der Waals surface area contributed by atoms with Gasteiger partial charge in [-0.2, -0.15) is 0 Å². The Morgan fingerprint density at radius 3 is 2.25 bits per heavy atom. The molecule has 0 saturated heterocycles. The summed E-state index contributed by atoms with van der Waals surface area (Å²) in [5.74, 6) is 0.749. The first-order chi connectivity index (χ1) is 5.56. The lowest BCUT2D eigenvalue weighted by Gasteiger charge is -2.21. The van der Waals surface area contributed by atoms with Crippen LogP contribution < -0.4 is 5.32 Å². The van der Waals surface area contributed by atoms with E-state index >= 15 is 0 Å². The first kappa shape index (κ1) is 11.9. The summed E-state index contributed by atoms with van der Waals surface area (Å²) in [7, 11) is 2.16. The lowest BCUT2D eigenvalue weighted by molar-refractivity contribution is 0.305. The van der Waals surface area contributed by atoms with E-state index in [2.05, 4.69) is 45.0 Å². The molecule has 0 aromatic heterocycles. The molecule has 1 unspecified atom stereocenters. The molecule has 0 saturated carbocycles. The average molecular weight is 172 g/mol. The maximum atomic E-state index is 3.51. The number of nitrogens with zero attached hydrogens (tertiary/aromatic N) is 1. The van der Waals surface area contributed by atoms with Gasteiger partial charge in [0.2, 0.25) is 0 Å². The zero-order valence-corrected chi connectivity index (χ0v) is 9.22. The number of hydrogen-bond acceptors (Lipinski definition) is 2. The van der Waals surface area contributed by atoms with Gasteiger partial charge in [0.05, 0.1) is 0 Å². The van der Waals surface area contributed by atoms with Gasteiger partial charge in [-0.05, 0) is 33.0 Å². The van der Waals surface area contributed by atoms with Crippen molar-refractivity contribution in [3.8, 4) is 0 Å². The molecule has 2 heteroatoms. The molecule has 0 spiro atoms. The fraction of sp³-hybridized carbons (Fsp3) is 1.00. The molecule has 1 N–H and O–H groups in total. The van der Waals surface area contributed by atoms with Crippen molar-refractivity contribution in [1.29, 1.82) is 0 Å². The highest BCUT2D eigenvalue weighted by atomic mass is 15.1. The monoisotopic (exact) mass is 172 g/mol. The molecule has 12 heavy (non-hydrogen) atoms. The molecule has 0 aromatic carbocycles. The first-order valence-corrected chi connectivity index (χ1v) is 4.98. The number of hydrogen-bond donors (Lipinski definition) is 1. The van der Waals surface area contributed by atoms with Gasteiger partial charge in [-0.25, -0.2) is 0 Å². The van der Waals surface area contributed by atoms with Crippen molar-refractivity contribution in [2.45, 2.75) is 33.7 Å². The van der Waals surface area contributed by atoms with Gasteiger partial charge in [0.1, 0.15) is 0 Å². The molecule has 0 aliphatic rings. The van der Waals surface area contributed by atoms with Crippen LogP contribution in [0.5, 0.6) is 0 Å². The highest BCUT2D eigenvalue weighted by molar-refractivity contribution is 4.65. The fourth-order valence-corrected chi connectivity index (χ4v) is 1.10. The molecule has 74 valence electrons. The average Bonchev–Trinajstić information content (AvgIpc) is 2.00. The van der Waals surface area contributed by atoms with Crippen molar-refractivity contribution in [3.05, 3.63) is 0 Å². The van der Waals surface area contributed by atoms with Gasteiger partial charge in [0.25, 0.3) is 0 Å². The van der Waals surface area contributed by atoms with Crippen molar-refractivity contribution in [2.75, 3.05) is 26.7 Å². The van der Waals surface area contributed by atoms with E-state index in [4.69, 9.17) is 0 Å². The predicted molar refractivity (Wildman–Crippen MR) is 55.5 cm³/mol.